The van der Waals surface area contributed by atoms with E-state index in [-0.39, 0.29) is 12.3 Å². The Bertz CT molecular complexity index is 536. The number of sulfone groups is 1. The highest BCUT2D eigenvalue weighted by atomic mass is 32.2. The van der Waals surface area contributed by atoms with Crippen molar-refractivity contribution in [1.29, 1.82) is 0 Å². The predicted octanol–water partition coefficient (Wildman–Crippen LogP) is 0.648. The summed E-state index contributed by atoms with van der Waals surface area (Å²) < 4.78 is 35.3. The third-order valence-electron chi connectivity index (χ3n) is 2.35. The third kappa shape index (κ3) is 3.69. The number of halogens is 1. The zero-order valence-corrected chi connectivity index (χ0v) is 10.9. The SMILES string of the molecule is CN(CCS(C)(=O)=O)C(=O)c1c(O)cccc1F. The standard InChI is InChI=1S/C11H14FNO4S/c1-13(6-7-18(2,16)17)11(15)10-8(12)4-3-5-9(10)14/h3-5,14H,6-7H2,1-2H3. The van der Waals surface area contributed by atoms with E-state index in [1.807, 2.05) is 0 Å². The Morgan fingerprint density at radius 1 is 1.44 bits per heavy atom. The third-order valence-corrected chi connectivity index (χ3v) is 3.27. The number of carbonyl (C=O) groups excluding carboxylic acids is 1. The molecule has 0 saturated heterocycles. The molecule has 100 valence electrons. The van der Waals surface area contributed by atoms with Crippen molar-refractivity contribution in [2.24, 2.45) is 0 Å². The first-order valence-corrected chi connectivity index (χ1v) is 7.19. The highest BCUT2D eigenvalue weighted by Gasteiger charge is 2.20. The second-order valence-electron chi connectivity index (χ2n) is 3.99. The zero-order valence-electron chi connectivity index (χ0n) is 10.1. The quantitative estimate of drug-likeness (QED) is 0.875. The normalized spacial score (nSPS) is 11.3. The molecule has 0 fully saturated rings. The van der Waals surface area contributed by atoms with Gasteiger partial charge in [0, 0.05) is 19.8 Å². The average molecular weight is 275 g/mol. The lowest BCUT2D eigenvalue weighted by molar-refractivity contribution is 0.0795. The molecular formula is C11H14FNO4S. The molecular weight excluding hydrogens is 261 g/mol. The summed E-state index contributed by atoms with van der Waals surface area (Å²) >= 11 is 0. The van der Waals surface area contributed by atoms with E-state index in [1.54, 1.807) is 0 Å². The van der Waals surface area contributed by atoms with Crippen molar-refractivity contribution in [2.45, 2.75) is 0 Å². The summed E-state index contributed by atoms with van der Waals surface area (Å²) in [5.74, 6) is -2.28. The van der Waals surface area contributed by atoms with Crippen LogP contribution in [0.2, 0.25) is 0 Å². The van der Waals surface area contributed by atoms with Crippen LogP contribution in [0.15, 0.2) is 18.2 Å². The maximum absolute atomic E-state index is 13.4. The lowest BCUT2D eigenvalue weighted by Gasteiger charge is -2.17. The molecule has 0 radical (unpaired) electrons. The average Bonchev–Trinajstić information content (AvgIpc) is 2.24. The van der Waals surface area contributed by atoms with Gasteiger partial charge in [0.25, 0.3) is 5.91 Å². The largest absolute Gasteiger partial charge is 0.507 e. The number of hydrogen-bond donors (Lipinski definition) is 1. The van der Waals surface area contributed by atoms with Crippen LogP contribution in [0.5, 0.6) is 5.75 Å². The van der Waals surface area contributed by atoms with Crippen LogP contribution in [0.4, 0.5) is 4.39 Å². The molecule has 1 aromatic rings. The van der Waals surface area contributed by atoms with Gasteiger partial charge in [0.15, 0.2) is 0 Å². The van der Waals surface area contributed by atoms with Crippen molar-refractivity contribution in [1.82, 2.24) is 4.90 Å². The fraction of sp³-hybridized carbons (Fsp3) is 0.364. The van der Waals surface area contributed by atoms with Crippen LogP contribution in [-0.4, -0.2) is 49.9 Å². The number of phenolic OH excluding ortho intramolecular Hbond substituents is 1. The highest BCUT2D eigenvalue weighted by molar-refractivity contribution is 7.90. The summed E-state index contributed by atoms with van der Waals surface area (Å²) in [6, 6.07) is 3.52. The van der Waals surface area contributed by atoms with Gasteiger partial charge in [-0.25, -0.2) is 12.8 Å². The molecule has 0 saturated carbocycles. The van der Waals surface area contributed by atoms with Crippen molar-refractivity contribution < 1.29 is 22.7 Å². The fourth-order valence-corrected chi connectivity index (χ4v) is 1.93. The summed E-state index contributed by atoms with van der Waals surface area (Å²) in [4.78, 5) is 12.9. The van der Waals surface area contributed by atoms with Gasteiger partial charge >= 0.3 is 0 Å². The lowest BCUT2D eigenvalue weighted by Crippen LogP contribution is -2.32. The molecule has 0 spiro atoms. The summed E-state index contributed by atoms with van der Waals surface area (Å²) in [6.07, 6.45) is 1.05. The molecule has 1 amide bonds. The molecule has 0 aliphatic heterocycles. The predicted molar refractivity (Wildman–Crippen MR) is 64.7 cm³/mol. The molecule has 0 aliphatic rings. The first-order valence-electron chi connectivity index (χ1n) is 5.13. The van der Waals surface area contributed by atoms with Gasteiger partial charge in [-0.1, -0.05) is 6.07 Å². The number of carbonyl (C=O) groups is 1. The second-order valence-corrected chi connectivity index (χ2v) is 6.25. The monoisotopic (exact) mass is 275 g/mol. The fourth-order valence-electron chi connectivity index (χ4n) is 1.32. The van der Waals surface area contributed by atoms with E-state index < -0.39 is 32.9 Å². The molecule has 0 atom stereocenters. The smallest absolute Gasteiger partial charge is 0.260 e. The Kier molecular flexibility index (Phi) is 4.28. The number of phenols is 1. The van der Waals surface area contributed by atoms with E-state index in [0.29, 0.717) is 0 Å². The Morgan fingerprint density at radius 2 is 2.06 bits per heavy atom. The topological polar surface area (TPSA) is 74.7 Å². The molecule has 0 aliphatic carbocycles. The molecule has 1 N–H and O–H groups in total. The minimum Gasteiger partial charge on any atom is -0.507 e. The van der Waals surface area contributed by atoms with Crippen LogP contribution in [0.3, 0.4) is 0 Å². The first-order chi connectivity index (χ1) is 8.22. The molecule has 0 aromatic heterocycles. The summed E-state index contributed by atoms with van der Waals surface area (Å²) in [7, 11) is -1.86. The van der Waals surface area contributed by atoms with Crippen LogP contribution in [-0.2, 0) is 9.84 Å². The Labute approximate surface area is 105 Å². The van der Waals surface area contributed by atoms with Gasteiger partial charge in [0.1, 0.15) is 27.0 Å². The van der Waals surface area contributed by atoms with Crippen LogP contribution in [0.1, 0.15) is 10.4 Å². The van der Waals surface area contributed by atoms with E-state index in [9.17, 15) is 22.7 Å². The molecule has 1 rings (SSSR count). The maximum atomic E-state index is 13.4. The first kappa shape index (κ1) is 14.4. The van der Waals surface area contributed by atoms with E-state index in [2.05, 4.69) is 0 Å². The summed E-state index contributed by atoms with van der Waals surface area (Å²) in [5.41, 5.74) is -0.450. The Hall–Kier alpha value is -1.63. The minimum atomic E-state index is -3.21. The van der Waals surface area contributed by atoms with Crippen molar-refractivity contribution in [3.05, 3.63) is 29.6 Å². The Balaban J connectivity index is 2.87. The molecule has 0 unspecified atom stereocenters. The molecule has 0 heterocycles. The van der Waals surface area contributed by atoms with Gasteiger partial charge in [0.2, 0.25) is 0 Å². The number of nitrogens with zero attached hydrogens (tertiary/aromatic N) is 1. The van der Waals surface area contributed by atoms with Crippen LogP contribution < -0.4 is 0 Å². The van der Waals surface area contributed by atoms with Gasteiger partial charge in [-0.15, -0.1) is 0 Å². The van der Waals surface area contributed by atoms with Gasteiger partial charge in [-0.05, 0) is 12.1 Å². The van der Waals surface area contributed by atoms with Crippen LogP contribution in [0, 0.1) is 5.82 Å². The van der Waals surface area contributed by atoms with Crippen molar-refractivity contribution in [2.75, 3.05) is 25.6 Å². The van der Waals surface area contributed by atoms with Crippen molar-refractivity contribution in [3.8, 4) is 5.75 Å². The number of aromatic hydroxyl groups is 1. The summed E-state index contributed by atoms with van der Waals surface area (Å²) in [5, 5.41) is 9.43. The van der Waals surface area contributed by atoms with E-state index >= 15 is 0 Å². The maximum Gasteiger partial charge on any atom is 0.260 e. The number of benzene rings is 1. The highest BCUT2D eigenvalue weighted by Crippen LogP contribution is 2.21. The van der Waals surface area contributed by atoms with Gasteiger partial charge in [0.05, 0.1) is 5.75 Å². The lowest BCUT2D eigenvalue weighted by atomic mass is 10.1. The molecule has 0 bridgehead atoms. The zero-order chi connectivity index (χ0) is 13.9. The van der Waals surface area contributed by atoms with E-state index in [1.165, 1.54) is 19.2 Å². The molecule has 7 heteroatoms. The van der Waals surface area contributed by atoms with Crippen molar-refractivity contribution in [3.63, 3.8) is 0 Å². The van der Waals surface area contributed by atoms with Gasteiger partial charge < -0.3 is 10.0 Å². The number of amides is 1. The van der Waals surface area contributed by atoms with E-state index in [4.69, 9.17) is 0 Å². The van der Waals surface area contributed by atoms with Gasteiger partial charge in [-0.2, -0.15) is 0 Å². The molecule has 18 heavy (non-hydrogen) atoms. The number of hydrogen-bond acceptors (Lipinski definition) is 4. The van der Waals surface area contributed by atoms with Gasteiger partial charge in [-0.3, -0.25) is 4.79 Å². The second kappa shape index (κ2) is 5.34. The van der Waals surface area contributed by atoms with E-state index in [0.717, 1.165) is 17.2 Å². The van der Waals surface area contributed by atoms with Crippen LogP contribution >= 0.6 is 0 Å². The van der Waals surface area contributed by atoms with Crippen molar-refractivity contribution >= 4 is 15.7 Å². The Morgan fingerprint density at radius 3 is 2.56 bits per heavy atom. The minimum absolute atomic E-state index is 0.0640. The molecule has 1 aromatic carbocycles. The summed E-state index contributed by atoms with van der Waals surface area (Å²) in [6.45, 7) is -0.0640. The number of rotatable bonds is 4. The van der Waals surface area contributed by atoms with Crippen LogP contribution in [0.25, 0.3) is 0 Å². The molecule has 5 nitrogen and oxygen atoms in total.